The number of aliphatic hydroxyl groups excluding tert-OH is 1. The average molecular weight is 327 g/mol. The van der Waals surface area contributed by atoms with Crippen molar-refractivity contribution >= 4 is 21.6 Å². The molecule has 0 aromatic heterocycles. The van der Waals surface area contributed by atoms with E-state index in [1.54, 1.807) is 0 Å². The molecule has 1 fully saturated rings. The number of rotatable bonds is 2. The highest BCUT2D eigenvalue weighted by molar-refractivity contribution is 9.10. The van der Waals surface area contributed by atoms with E-state index in [9.17, 15) is 5.11 Å². The third kappa shape index (κ3) is 2.96. The van der Waals surface area contributed by atoms with E-state index in [4.69, 9.17) is 0 Å². The lowest BCUT2D eigenvalue weighted by Crippen LogP contribution is -2.64. The second-order valence-electron chi connectivity index (χ2n) is 6.17. The fourth-order valence-corrected chi connectivity index (χ4v) is 3.89. The largest absolute Gasteiger partial charge is 0.394 e. The van der Waals surface area contributed by atoms with Gasteiger partial charge < -0.3 is 14.9 Å². The molecule has 3 nitrogen and oxygen atoms in total. The van der Waals surface area contributed by atoms with Crippen LogP contribution >= 0.6 is 15.9 Å². The van der Waals surface area contributed by atoms with Gasteiger partial charge in [0.15, 0.2) is 0 Å². The van der Waals surface area contributed by atoms with E-state index < -0.39 is 0 Å². The highest BCUT2D eigenvalue weighted by atomic mass is 79.9. The second-order valence-corrected chi connectivity index (χ2v) is 7.02. The Hall–Kier alpha value is -0.580. The minimum Gasteiger partial charge on any atom is -0.394 e. The summed E-state index contributed by atoms with van der Waals surface area (Å²) >= 11 is 3.67. The summed E-state index contributed by atoms with van der Waals surface area (Å²) in [7, 11) is 2.12. The first kappa shape index (κ1) is 14.8. The zero-order valence-corrected chi connectivity index (χ0v) is 13.7. The van der Waals surface area contributed by atoms with Gasteiger partial charge in [0.25, 0.3) is 0 Å². The first-order valence-corrected chi connectivity index (χ1v) is 7.49. The van der Waals surface area contributed by atoms with E-state index in [0.717, 1.165) is 17.6 Å². The predicted molar refractivity (Wildman–Crippen MR) is 83.8 cm³/mol. The quantitative estimate of drug-likeness (QED) is 0.905. The molecule has 4 heteroatoms. The lowest BCUT2D eigenvalue weighted by molar-refractivity contribution is 0.137. The third-order valence-corrected chi connectivity index (χ3v) is 4.41. The highest BCUT2D eigenvalue weighted by Gasteiger charge is 2.39. The number of piperazine rings is 1. The van der Waals surface area contributed by atoms with Crippen molar-refractivity contribution in [2.75, 3.05) is 31.6 Å². The Kier molecular flexibility index (Phi) is 4.23. The van der Waals surface area contributed by atoms with Crippen LogP contribution < -0.4 is 4.90 Å². The Morgan fingerprint density at radius 1 is 1.42 bits per heavy atom. The number of nitrogens with zero attached hydrogens (tertiary/aromatic N) is 2. The fraction of sp³-hybridized carbons (Fsp3) is 0.600. The van der Waals surface area contributed by atoms with Gasteiger partial charge in [-0.15, -0.1) is 0 Å². The molecule has 1 aromatic carbocycles. The van der Waals surface area contributed by atoms with Gasteiger partial charge in [0.2, 0.25) is 0 Å². The molecular formula is C15H23BrN2O. The standard InChI is InChI=1S/C15H23BrN2O/c1-11-5-6-14(13(16)7-11)18-12(9-19)8-17(4)10-15(18,2)3/h5-7,12,19H,8-10H2,1-4H3. The molecule has 19 heavy (non-hydrogen) atoms. The van der Waals surface area contributed by atoms with Crippen LogP contribution in [-0.4, -0.2) is 48.3 Å². The van der Waals surface area contributed by atoms with Crippen LogP contribution in [0.4, 0.5) is 5.69 Å². The molecule has 0 amide bonds. The van der Waals surface area contributed by atoms with E-state index in [-0.39, 0.29) is 18.2 Å². The van der Waals surface area contributed by atoms with Crippen molar-refractivity contribution in [3.8, 4) is 0 Å². The summed E-state index contributed by atoms with van der Waals surface area (Å²) < 4.78 is 1.10. The van der Waals surface area contributed by atoms with E-state index >= 15 is 0 Å². The van der Waals surface area contributed by atoms with Gasteiger partial charge >= 0.3 is 0 Å². The SMILES string of the molecule is Cc1ccc(N2C(CO)CN(C)CC2(C)C)c(Br)c1. The van der Waals surface area contributed by atoms with Crippen molar-refractivity contribution in [3.63, 3.8) is 0 Å². The Morgan fingerprint density at radius 3 is 2.68 bits per heavy atom. The Morgan fingerprint density at radius 2 is 2.11 bits per heavy atom. The van der Waals surface area contributed by atoms with Gasteiger partial charge in [-0.05, 0) is 61.4 Å². The van der Waals surface area contributed by atoms with Crippen LogP contribution in [0.5, 0.6) is 0 Å². The molecule has 1 heterocycles. The topological polar surface area (TPSA) is 26.7 Å². The number of aryl methyl sites for hydroxylation is 1. The van der Waals surface area contributed by atoms with Crippen molar-refractivity contribution in [1.29, 1.82) is 0 Å². The van der Waals surface area contributed by atoms with Crippen molar-refractivity contribution in [1.82, 2.24) is 4.90 Å². The smallest absolute Gasteiger partial charge is 0.0654 e. The average Bonchev–Trinajstić information content (AvgIpc) is 2.28. The minimum atomic E-state index is -0.00181. The van der Waals surface area contributed by atoms with Gasteiger partial charge in [0.05, 0.1) is 18.3 Å². The predicted octanol–water partition coefficient (Wildman–Crippen LogP) is 2.65. The van der Waals surface area contributed by atoms with Gasteiger partial charge in [0, 0.05) is 23.1 Å². The highest BCUT2D eigenvalue weighted by Crippen LogP contribution is 2.36. The number of aliphatic hydroxyl groups is 1. The van der Waals surface area contributed by atoms with Crippen molar-refractivity contribution < 1.29 is 5.11 Å². The molecule has 1 aliphatic heterocycles. The fourth-order valence-electron chi connectivity index (χ4n) is 3.21. The summed E-state index contributed by atoms with van der Waals surface area (Å²) in [4.78, 5) is 4.65. The lowest BCUT2D eigenvalue weighted by Gasteiger charge is -2.52. The van der Waals surface area contributed by atoms with Gasteiger partial charge in [-0.1, -0.05) is 6.07 Å². The van der Waals surface area contributed by atoms with Gasteiger partial charge in [-0.2, -0.15) is 0 Å². The van der Waals surface area contributed by atoms with Crippen LogP contribution in [0, 0.1) is 6.92 Å². The maximum atomic E-state index is 9.73. The van der Waals surface area contributed by atoms with Crippen LogP contribution in [0.1, 0.15) is 19.4 Å². The van der Waals surface area contributed by atoms with Crippen LogP contribution in [0.15, 0.2) is 22.7 Å². The molecular weight excluding hydrogens is 304 g/mol. The Balaban J connectivity index is 2.43. The first-order chi connectivity index (χ1) is 8.85. The zero-order valence-electron chi connectivity index (χ0n) is 12.2. The summed E-state index contributed by atoms with van der Waals surface area (Å²) in [5.74, 6) is 0. The summed E-state index contributed by atoms with van der Waals surface area (Å²) in [6.45, 7) is 8.61. The van der Waals surface area contributed by atoms with E-state index in [1.807, 2.05) is 0 Å². The van der Waals surface area contributed by atoms with Crippen molar-refractivity contribution in [2.24, 2.45) is 0 Å². The summed E-state index contributed by atoms with van der Waals surface area (Å²) in [6.07, 6.45) is 0. The van der Waals surface area contributed by atoms with Crippen molar-refractivity contribution in [2.45, 2.75) is 32.4 Å². The molecule has 1 unspecified atom stereocenters. The second kappa shape index (κ2) is 5.43. The molecule has 0 aliphatic carbocycles. The Bertz CT molecular complexity index is 461. The third-order valence-electron chi connectivity index (χ3n) is 3.77. The monoisotopic (exact) mass is 326 g/mol. The Labute approximate surface area is 124 Å². The normalized spacial score (nSPS) is 23.7. The number of benzene rings is 1. The number of likely N-dealkylation sites (N-methyl/N-ethyl adjacent to an activating group) is 1. The zero-order chi connectivity index (χ0) is 14.2. The number of anilines is 1. The number of hydrogen-bond donors (Lipinski definition) is 1. The molecule has 0 radical (unpaired) electrons. The summed E-state index contributed by atoms with van der Waals surface area (Å²) in [5.41, 5.74) is 2.41. The minimum absolute atomic E-state index is 0.00181. The molecule has 1 N–H and O–H groups in total. The number of hydrogen-bond acceptors (Lipinski definition) is 3. The summed E-state index contributed by atoms with van der Waals surface area (Å²) in [6, 6.07) is 6.55. The molecule has 1 aromatic rings. The molecule has 1 aliphatic rings. The van der Waals surface area contributed by atoms with Crippen molar-refractivity contribution in [3.05, 3.63) is 28.2 Å². The van der Waals surface area contributed by atoms with E-state index in [0.29, 0.717) is 0 Å². The van der Waals surface area contributed by atoms with Gasteiger partial charge in [0.1, 0.15) is 0 Å². The van der Waals surface area contributed by atoms with E-state index in [2.05, 4.69) is 71.7 Å². The molecule has 1 atom stereocenters. The van der Waals surface area contributed by atoms with E-state index in [1.165, 1.54) is 11.3 Å². The van der Waals surface area contributed by atoms with Crippen LogP contribution in [0.3, 0.4) is 0 Å². The summed E-state index contributed by atoms with van der Waals surface area (Å²) in [5, 5.41) is 9.73. The molecule has 0 bridgehead atoms. The lowest BCUT2D eigenvalue weighted by atomic mass is 9.94. The molecule has 106 valence electrons. The van der Waals surface area contributed by atoms with Gasteiger partial charge in [-0.3, -0.25) is 0 Å². The molecule has 0 saturated carbocycles. The maximum absolute atomic E-state index is 9.73. The van der Waals surface area contributed by atoms with Crippen LogP contribution in [0.2, 0.25) is 0 Å². The molecule has 0 spiro atoms. The molecule has 2 rings (SSSR count). The number of halogens is 1. The maximum Gasteiger partial charge on any atom is 0.0654 e. The molecule has 1 saturated heterocycles. The van der Waals surface area contributed by atoms with Crippen LogP contribution in [0.25, 0.3) is 0 Å². The first-order valence-electron chi connectivity index (χ1n) is 6.70. The van der Waals surface area contributed by atoms with Crippen LogP contribution in [-0.2, 0) is 0 Å². The van der Waals surface area contributed by atoms with Gasteiger partial charge in [-0.25, -0.2) is 0 Å².